The molecule has 2 atom stereocenters. The van der Waals surface area contributed by atoms with Gasteiger partial charge in [0.25, 0.3) is 11.6 Å². The first-order chi connectivity index (χ1) is 11.1. The molecule has 0 bridgehead atoms. The zero-order chi connectivity index (χ0) is 16.2. The van der Waals surface area contributed by atoms with E-state index in [1.807, 2.05) is 0 Å². The molecular weight excluding hydrogens is 294 g/mol. The molecule has 2 aliphatic carbocycles. The summed E-state index contributed by atoms with van der Waals surface area (Å²) in [5.41, 5.74) is 4.02. The summed E-state index contributed by atoms with van der Waals surface area (Å²) < 4.78 is 0. The fourth-order valence-electron chi connectivity index (χ4n) is 3.72. The second kappa shape index (κ2) is 6.89. The number of nitrogens with one attached hydrogen (secondary N) is 1. The van der Waals surface area contributed by atoms with E-state index < -0.39 is 4.92 Å². The molecule has 3 rings (SSSR count). The third-order valence-corrected chi connectivity index (χ3v) is 5.02. The largest absolute Gasteiger partial charge is 0.271 e. The number of non-ortho nitro benzene ring substituents is 1. The van der Waals surface area contributed by atoms with Crippen LogP contribution in [0.1, 0.15) is 55.3 Å². The van der Waals surface area contributed by atoms with E-state index in [0.717, 1.165) is 30.4 Å². The molecule has 1 N–H and O–H groups in total. The Morgan fingerprint density at radius 2 is 1.83 bits per heavy atom. The first kappa shape index (κ1) is 15.6. The summed E-state index contributed by atoms with van der Waals surface area (Å²) in [6.07, 6.45) is 8.41. The van der Waals surface area contributed by atoms with Crippen molar-refractivity contribution in [1.82, 2.24) is 5.43 Å². The van der Waals surface area contributed by atoms with Gasteiger partial charge in [0, 0.05) is 23.4 Å². The van der Waals surface area contributed by atoms with Crippen LogP contribution in [0.2, 0.25) is 0 Å². The van der Waals surface area contributed by atoms with Gasteiger partial charge in [0.1, 0.15) is 0 Å². The predicted molar refractivity (Wildman–Crippen MR) is 87.3 cm³/mol. The third-order valence-electron chi connectivity index (χ3n) is 5.02. The maximum absolute atomic E-state index is 12.1. The lowest BCUT2D eigenvalue weighted by molar-refractivity contribution is -0.384. The monoisotopic (exact) mass is 315 g/mol. The van der Waals surface area contributed by atoms with Crippen LogP contribution in [0, 0.1) is 22.0 Å². The van der Waals surface area contributed by atoms with Crippen LogP contribution in [0.4, 0.5) is 5.69 Å². The molecule has 6 heteroatoms. The maximum atomic E-state index is 12.1. The lowest BCUT2D eigenvalue weighted by Gasteiger charge is -2.35. The number of rotatable bonds is 3. The highest BCUT2D eigenvalue weighted by molar-refractivity contribution is 5.95. The average Bonchev–Trinajstić information content (AvgIpc) is 2.59. The average molecular weight is 315 g/mol. The summed E-state index contributed by atoms with van der Waals surface area (Å²) in [6, 6.07) is 5.56. The minimum Gasteiger partial charge on any atom is -0.267 e. The summed E-state index contributed by atoms with van der Waals surface area (Å²) in [5, 5.41) is 14.9. The van der Waals surface area contributed by atoms with Gasteiger partial charge in [-0.2, -0.15) is 5.10 Å². The fraction of sp³-hybridized carbons (Fsp3) is 0.529. The standard InChI is InChI=1S/C17H21N3O3/c21-17(13-6-9-16(10-7-13)20(22)23)19-18-15-8-5-12-3-1-2-4-14(12)11-15/h6-7,9-10,12,14H,1-5,8,11H2,(H,19,21)/b18-15-/t12-,14+/m1/s1. The second-order valence-corrected chi connectivity index (χ2v) is 6.47. The van der Waals surface area contributed by atoms with Crippen LogP contribution in [0.25, 0.3) is 0 Å². The van der Waals surface area contributed by atoms with Crippen molar-refractivity contribution in [2.75, 3.05) is 0 Å². The van der Waals surface area contributed by atoms with Crippen LogP contribution >= 0.6 is 0 Å². The van der Waals surface area contributed by atoms with Crippen LogP contribution in [0.3, 0.4) is 0 Å². The Morgan fingerprint density at radius 1 is 1.13 bits per heavy atom. The van der Waals surface area contributed by atoms with Crippen LogP contribution in [0.5, 0.6) is 0 Å². The number of carbonyl (C=O) groups is 1. The van der Waals surface area contributed by atoms with Gasteiger partial charge in [0.15, 0.2) is 0 Å². The molecule has 0 spiro atoms. The second-order valence-electron chi connectivity index (χ2n) is 6.47. The van der Waals surface area contributed by atoms with Crippen molar-refractivity contribution in [3.63, 3.8) is 0 Å². The number of hydrogen-bond acceptors (Lipinski definition) is 4. The highest BCUT2D eigenvalue weighted by Gasteiger charge is 2.30. The van der Waals surface area contributed by atoms with Gasteiger partial charge < -0.3 is 0 Å². The maximum Gasteiger partial charge on any atom is 0.271 e. The molecule has 6 nitrogen and oxygen atoms in total. The quantitative estimate of drug-likeness (QED) is 0.682. The minimum atomic E-state index is -0.482. The molecule has 1 amide bonds. The molecule has 122 valence electrons. The number of amides is 1. The normalized spacial score (nSPS) is 25.7. The van der Waals surface area contributed by atoms with Gasteiger partial charge in [-0.05, 0) is 49.7 Å². The summed E-state index contributed by atoms with van der Waals surface area (Å²) in [7, 11) is 0. The molecule has 0 aliphatic heterocycles. The van der Waals surface area contributed by atoms with E-state index in [1.54, 1.807) is 0 Å². The number of fused-ring (bicyclic) bond motifs is 1. The van der Waals surface area contributed by atoms with Gasteiger partial charge in [-0.25, -0.2) is 5.43 Å². The van der Waals surface area contributed by atoms with Gasteiger partial charge in [0.2, 0.25) is 0 Å². The molecular formula is C17H21N3O3. The van der Waals surface area contributed by atoms with E-state index in [0.29, 0.717) is 5.56 Å². The first-order valence-electron chi connectivity index (χ1n) is 8.23. The molecule has 0 saturated heterocycles. The minimum absolute atomic E-state index is 0.0246. The van der Waals surface area contributed by atoms with Crippen molar-refractivity contribution in [3.05, 3.63) is 39.9 Å². The Kier molecular flexibility index (Phi) is 4.69. The summed E-state index contributed by atoms with van der Waals surface area (Å²) in [4.78, 5) is 22.2. The van der Waals surface area contributed by atoms with E-state index in [9.17, 15) is 14.9 Å². The topological polar surface area (TPSA) is 84.6 Å². The van der Waals surface area contributed by atoms with Crippen molar-refractivity contribution < 1.29 is 9.72 Å². The number of benzene rings is 1. The first-order valence-corrected chi connectivity index (χ1v) is 8.23. The molecule has 0 unspecified atom stereocenters. The molecule has 0 heterocycles. The van der Waals surface area contributed by atoms with Crippen molar-refractivity contribution in [2.24, 2.45) is 16.9 Å². The van der Waals surface area contributed by atoms with Crippen molar-refractivity contribution in [1.29, 1.82) is 0 Å². The van der Waals surface area contributed by atoms with Gasteiger partial charge >= 0.3 is 0 Å². The van der Waals surface area contributed by atoms with E-state index in [4.69, 9.17) is 0 Å². The van der Waals surface area contributed by atoms with Gasteiger partial charge in [-0.15, -0.1) is 0 Å². The molecule has 2 fully saturated rings. The van der Waals surface area contributed by atoms with Crippen molar-refractivity contribution >= 4 is 17.3 Å². The Hall–Kier alpha value is -2.24. The van der Waals surface area contributed by atoms with Crippen LogP contribution in [-0.4, -0.2) is 16.5 Å². The molecule has 2 aliphatic rings. The Morgan fingerprint density at radius 3 is 2.52 bits per heavy atom. The zero-order valence-electron chi connectivity index (χ0n) is 13.0. The Bertz CT molecular complexity index is 624. The number of carbonyl (C=O) groups excluding carboxylic acids is 1. The Balaban J connectivity index is 1.58. The molecule has 0 aromatic heterocycles. The van der Waals surface area contributed by atoms with E-state index in [-0.39, 0.29) is 11.6 Å². The fourth-order valence-corrected chi connectivity index (χ4v) is 3.72. The van der Waals surface area contributed by atoms with Crippen LogP contribution in [-0.2, 0) is 0 Å². The van der Waals surface area contributed by atoms with Gasteiger partial charge in [-0.3, -0.25) is 14.9 Å². The SMILES string of the molecule is O=C(N/N=C1/CC[C@H]2CCCC[C@H]2C1)c1ccc([N+](=O)[O-])cc1. The van der Waals surface area contributed by atoms with Gasteiger partial charge in [-0.1, -0.05) is 19.3 Å². The summed E-state index contributed by atoms with van der Waals surface area (Å²) >= 11 is 0. The number of nitro groups is 1. The van der Waals surface area contributed by atoms with E-state index in [1.165, 1.54) is 56.4 Å². The predicted octanol–water partition coefficient (Wildman–Crippen LogP) is 3.67. The number of hydrazone groups is 1. The molecule has 0 radical (unpaired) electrons. The molecule has 2 saturated carbocycles. The lowest BCUT2D eigenvalue weighted by Crippen LogP contribution is -2.29. The smallest absolute Gasteiger partial charge is 0.267 e. The summed E-state index contributed by atoms with van der Waals surface area (Å²) in [5.74, 6) is 1.25. The van der Waals surface area contributed by atoms with E-state index >= 15 is 0 Å². The zero-order valence-corrected chi connectivity index (χ0v) is 13.0. The lowest BCUT2D eigenvalue weighted by atomic mass is 9.70. The molecule has 23 heavy (non-hydrogen) atoms. The molecule has 1 aromatic rings. The molecule has 1 aromatic carbocycles. The summed E-state index contributed by atoms with van der Waals surface area (Å²) in [6.45, 7) is 0. The van der Waals surface area contributed by atoms with Gasteiger partial charge in [0.05, 0.1) is 4.92 Å². The number of hydrogen-bond donors (Lipinski definition) is 1. The van der Waals surface area contributed by atoms with Crippen molar-refractivity contribution in [3.8, 4) is 0 Å². The van der Waals surface area contributed by atoms with Crippen LogP contribution < -0.4 is 5.43 Å². The number of nitro benzene ring substituents is 1. The number of nitrogens with zero attached hydrogens (tertiary/aromatic N) is 2. The van der Waals surface area contributed by atoms with Crippen molar-refractivity contribution in [2.45, 2.75) is 44.9 Å². The highest BCUT2D eigenvalue weighted by atomic mass is 16.6. The Labute approximate surface area is 135 Å². The van der Waals surface area contributed by atoms with Crippen LogP contribution in [0.15, 0.2) is 29.4 Å². The van der Waals surface area contributed by atoms with E-state index in [2.05, 4.69) is 10.5 Å². The third kappa shape index (κ3) is 3.75. The highest BCUT2D eigenvalue weighted by Crippen LogP contribution is 2.39.